The number of aliphatic imine (C=N–C) groups is 1. The fourth-order valence-electron chi connectivity index (χ4n) is 4.68. The average Bonchev–Trinajstić information content (AvgIpc) is 3.62. The van der Waals surface area contributed by atoms with Crippen molar-refractivity contribution >= 4 is 40.3 Å². The van der Waals surface area contributed by atoms with Gasteiger partial charge in [-0.05, 0) is 66.1 Å². The van der Waals surface area contributed by atoms with Gasteiger partial charge in [0.2, 0.25) is 0 Å². The van der Waals surface area contributed by atoms with E-state index in [1.54, 1.807) is 0 Å². The highest BCUT2D eigenvalue weighted by Crippen LogP contribution is 2.28. The van der Waals surface area contributed by atoms with E-state index >= 15 is 0 Å². The highest BCUT2D eigenvalue weighted by atomic mass is 15.3. The molecule has 6 nitrogen and oxygen atoms in total. The molecule has 3 aromatic rings. The minimum atomic E-state index is 0.895. The molecule has 1 aliphatic carbocycles. The number of rotatable bonds is 5. The summed E-state index contributed by atoms with van der Waals surface area (Å²) >= 11 is 0. The van der Waals surface area contributed by atoms with Gasteiger partial charge in [0.05, 0.1) is 0 Å². The topological polar surface area (TPSA) is 56.7 Å². The molecule has 35 heavy (non-hydrogen) atoms. The monoisotopic (exact) mass is 466 g/mol. The number of nitrogens with zero attached hydrogens (tertiary/aromatic N) is 5. The number of hydrogen-bond acceptors (Lipinski definition) is 6. The summed E-state index contributed by atoms with van der Waals surface area (Å²) < 4.78 is 0. The molecule has 0 radical (unpaired) electrons. The van der Waals surface area contributed by atoms with Crippen LogP contribution in [0.15, 0.2) is 66.1 Å². The largest absolute Gasteiger partial charge is 0.373 e. The molecule has 2 aliphatic heterocycles. The Balaban J connectivity index is 0.000000145. The van der Waals surface area contributed by atoms with Crippen LogP contribution in [-0.4, -0.2) is 60.4 Å². The standard InChI is InChI=1S/C15H21N3.C14H13N3/c1-2-3-13-6-7-16-15(12-13)18-10-8-17(9-11-18)14-4-5-14;1-15-14-7-13-6-10(12-4-5-16-8-12)2-3-11(13)9-17-14/h2-3,6-7,12,14H,4-5,8-11H2,1H3;2-3,5-9H,4H2,1H3,(H,15,17)/b3-2+;. The van der Waals surface area contributed by atoms with Crippen LogP contribution in [0.25, 0.3) is 22.4 Å². The first-order valence-electron chi connectivity index (χ1n) is 12.6. The maximum atomic E-state index is 4.50. The fraction of sp³-hybridized carbons (Fsp3) is 0.345. The third kappa shape index (κ3) is 5.77. The third-order valence-electron chi connectivity index (χ3n) is 6.83. The number of pyridine rings is 2. The quantitative estimate of drug-likeness (QED) is 0.539. The SMILES string of the molecule is C/C=C/c1ccnc(N2CCN(C3CC3)CC2)c1.CNc1cc2cc(C3=CN=CC3)ccc2cn1. The highest BCUT2D eigenvalue weighted by Gasteiger charge is 2.31. The Kier molecular flexibility index (Phi) is 7.19. The van der Waals surface area contributed by atoms with Gasteiger partial charge in [-0.15, -0.1) is 0 Å². The Morgan fingerprint density at radius 1 is 0.971 bits per heavy atom. The summed E-state index contributed by atoms with van der Waals surface area (Å²) in [6.45, 7) is 6.67. The zero-order valence-corrected chi connectivity index (χ0v) is 20.7. The first kappa shape index (κ1) is 23.2. The van der Waals surface area contributed by atoms with E-state index in [1.165, 1.54) is 48.0 Å². The van der Waals surface area contributed by atoms with Crippen LogP contribution >= 0.6 is 0 Å². The van der Waals surface area contributed by atoms with Crippen LogP contribution in [0.4, 0.5) is 11.6 Å². The predicted octanol–water partition coefficient (Wildman–Crippen LogP) is 5.49. The molecule has 1 aromatic carbocycles. The lowest BCUT2D eigenvalue weighted by atomic mass is 10.0. The average molecular weight is 467 g/mol. The van der Waals surface area contributed by atoms with Crippen molar-refractivity contribution < 1.29 is 0 Å². The summed E-state index contributed by atoms with van der Waals surface area (Å²) in [6.07, 6.45) is 15.6. The van der Waals surface area contributed by atoms with Gasteiger partial charge in [-0.1, -0.05) is 24.3 Å². The second-order valence-corrected chi connectivity index (χ2v) is 9.27. The second kappa shape index (κ2) is 10.8. The first-order chi connectivity index (χ1) is 17.2. The zero-order chi connectivity index (χ0) is 24.0. The summed E-state index contributed by atoms with van der Waals surface area (Å²) in [7, 11) is 1.88. The van der Waals surface area contributed by atoms with Crippen molar-refractivity contribution in [3.05, 3.63) is 72.2 Å². The van der Waals surface area contributed by atoms with Crippen molar-refractivity contribution in [2.45, 2.75) is 32.2 Å². The number of anilines is 2. The Labute approximate surface area is 208 Å². The molecule has 1 saturated heterocycles. The van der Waals surface area contributed by atoms with Crippen LogP contribution in [0.3, 0.4) is 0 Å². The molecule has 6 rings (SSSR count). The summed E-state index contributed by atoms with van der Waals surface area (Å²) in [4.78, 5) is 18.0. The molecule has 1 saturated carbocycles. The molecule has 0 unspecified atom stereocenters. The van der Waals surface area contributed by atoms with Gasteiger partial charge in [-0.3, -0.25) is 9.89 Å². The summed E-state index contributed by atoms with van der Waals surface area (Å²) in [5.41, 5.74) is 3.75. The van der Waals surface area contributed by atoms with Crippen LogP contribution in [0, 0.1) is 0 Å². The number of piperazine rings is 1. The molecule has 0 atom stereocenters. The normalized spacial score (nSPS) is 18.0. The maximum absolute atomic E-state index is 4.50. The maximum Gasteiger partial charge on any atom is 0.129 e. The molecule has 0 amide bonds. The molecule has 0 spiro atoms. The molecule has 4 heterocycles. The van der Waals surface area contributed by atoms with Crippen molar-refractivity contribution in [3.63, 3.8) is 0 Å². The molecule has 6 heteroatoms. The van der Waals surface area contributed by atoms with Crippen molar-refractivity contribution in [1.29, 1.82) is 0 Å². The number of nitrogens with one attached hydrogen (secondary N) is 1. The molecule has 2 aromatic heterocycles. The summed E-state index contributed by atoms with van der Waals surface area (Å²) in [5, 5.41) is 5.42. The molecular formula is C29H34N6. The molecule has 2 fully saturated rings. The number of aromatic nitrogens is 2. The van der Waals surface area contributed by atoms with Gasteiger partial charge in [-0.2, -0.15) is 0 Å². The van der Waals surface area contributed by atoms with Crippen LogP contribution in [0.1, 0.15) is 37.3 Å². The van der Waals surface area contributed by atoms with E-state index in [9.17, 15) is 0 Å². The molecule has 180 valence electrons. The second-order valence-electron chi connectivity index (χ2n) is 9.27. The van der Waals surface area contributed by atoms with Gasteiger partial charge in [0.1, 0.15) is 11.6 Å². The summed E-state index contributed by atoms with van der Waals surface area (Å²) in [6, 6.07) is 13.6. The van der Waals surface area contributed by atoms with Crippen LogP contribution in [0.5, 0.6) is 0 Å². The van der Waals surface area contributed by atoms with Gasteiger partial charge in [0.15, 0.2) is 0 Å². The van der Waals surface area contributed by atoms with Gasteiger partial charge in [-0.25, -0.2) is 9.97 Å². The van der Waals surface area contributed by atoms with Gasteiger partial charge >= 0.3 is 0 Å². The van der Waals surface area contributed by atoms with Crippen LogP contribution in [-0.2, 0) is 0 Å². The smallest absolute Gasteiger partial charge is 0.129 e. The van der Waals surface area contributed by atoms with Crippen molar-refractivity contribution in [2.24, 2.45) is 4.99 Å². The van der Waals surface area contributed by atoms with Crippen molar-refractivity contribution in [1.82, 2.24) is 14.9 Å². The first-order valence-corrected chi connectivity index (χ1v) is 12.6. The van der Waals surface area contributed by atoms with Gasteiger partial charge in [0, 0.05) is 75.9 Å². The Hall–Kier alpha value is -3.51. The molecule has 3 aliphatic rings. The molecular weight excluding hydrogens is 432 g/mol. The van der Waals surface area contributed by atoms with E-state index in [0.29, 0.717) is 0 Å². The zero-order valence-electron chi connectivity index (χ0n) is 20.7. The lowest BCUT2D eigenvalue weighted by Crippen LogP contribution is -2.47. The van der Waals surface area contributed by atoms with Crippen LogP contribution in [0.2, 0.25) is 0 Å². The lowest BCUT2D eigenvalue weighted by Gasteiger charge is -2.35. The van der Waals surface area contributed by atoms with Gasteiger partial charge in [0.25, 0.3) is 0 Å². The van der Waals surface area contributed by atoms with E-state index in [1.807, 2.05) is 31.9 Å². The number of allylic oxidation sites excluding steroid dienone is 2. The van der Waals surface area contributed by atoms with Crippen LogP contribution < -0.4 is 10.2 Å². The Bertz CT molecular complexity index is 1250. The number of hydrogen-bond donors (Lipinski definition) is 1. The molecule has 0 bridgehead atoms. The van der Waals surface area contributed by atoms with E-state index < -0.39 is 0 Å². The summed E-state index contributed by atoms with van der Waals surface area (Å²) in [5.74, 6) is 2.02. The lowest BCUT2D eigenvalue weighted by molar-refractivity contribution is 0.247. The number of benzene rings is 1. The minimum Gasteiger partial charge on any atom is -0.373 e. The predicted molar refractivity (Wildman–Crippen MR) is 148 cm³/mol. The van der Waals surface area contributed by atoms with E-state index in [2.05, 4.69) is 85.6 Å². The van der Waals surface area contributed by atoms with E-state index in [4.69, 9.17) is 0 Å². The number of fused-ring (bicyclic) bond motifs is 1. The third-order valence-corrected chi connectivity index (χ3v) is 6.83. The van der Waals surface area contributed by atoms with Gasteiger partial charge < -0.3 is 10.2 Å². The van der Waals surface area contributed by atoms with Crippen molar-refractivity contribution in [3.8, 4) is 0 Å². The molecule has 1 N–H and O–H groups in total. The Morgan fingerprint density at radius 2 is 1.83 bits per heavy atom. The fourth-order valence-corrected chi connectivity index (χ4v) is 4.68. The van der Waals surface area contributed by atoms with Crippen molar-refractivity contribution in [2.75, 3.05) is 43.4 Å². The minimum absolute atomic E-state index is 0.895. The Morgan fingerprint density at radius 3 is 2.54 bits per heavy atom. The highest BCUT2D eigenvalue weighted by molar-refractivity contribution is 5.91. The van der Waals surface area contributed by atoms with E-state index in [-0.39, 0.29) is 0 Å². The van der Waals surface area contributed by atoms with E-state index in [0.717, 1.165) is 42.6 Å².